The topological polar surface area (TPSA) is 58.4 Å². The maximum absolute atomic E-state index is 12.8. The molecule has 31 heavy (non-hydrogen) atoms. The molecular formula is C23H22F3N3O2. The average Bonchev–Trinajstić information content (AvgIpc) is 3.11. The molecule has 0 bridgehead atoms. The number of hydrogen-bond donors (Lipinski definition) is 1. The highest BCUT2D eigenvalue weighted by Gasteiger charge is 2.32. The van der Waals surface area contributed by atoms with Gasteiger partial charge in [0.2, 0.25) is 11.8 Å². The minimum atomic E-state index is -4.39. The van der Waals surface area contributed by atoms with Crippen LogP contribution >= 0.6 is 0 Å². The molecule has 1 aromatic heterocycles. The van der Waals surface area contributed by atoms with E-state index in [1.807, 2.05) is 30.3 Å². The van der Waals surface area contributed by atoms with Crippen LogP contribution in [-0.4, -0.2) is 34.9 Å². The third kappa shape index (κ3) is 4.80. The number of amides is 1. The van der Waals surface area contributed by atoms with Gasteiger partial charge < -0.3 is 9.73 Å². The Hall–Kier alpha value is -3.13. The van der Waals surface area contributed by atoms with Crippen LogP contribution in [0, 0.1) is 6.92 Å². The molecule has 0 radical (unpaired) electrons. The van der Waals surface area contributed by atoms with Crippen LogP contribution in [0.15, 0.2) is 59.0 Å². The quantitative estimate of drug-likeness (QED) is 0.660. The lowest BCUT2D eigenvalue weighted by Gasteiger charge is -2.34. The molecule has 1 N–H and O–H groups in total. The fourth-order valence-corrected chi connectivity index (χ4v) is 3.70. The third-order valence-electron chi connectivity index (χ3n) is 5.42. The molecule has 1 amide bonds. The van der Waals surface area contributed by atoms with E-state index in [1.165, 1.54) is 12.1 Å². The van der Waals surface area contributed by atoms with Gasteiger partial charge in [0.15, 0.2) is 0 Å². The third-order valence-corrected chi connectivity index (χ3v) is 5.42. The fourth-order valence-electron chi connectivity index (χ4n) is 3.70. The number of hydrogen-bond acceptors (Lipinski definition) is 4. The molecule has 0 spiro atoms. The molecule has 1 fully saturated rings. The molecule has 1 aliphatic heterocycles. The van der Waals surface area contributed by atoms with Crippen molar-refractivity contribution in [3.05, 3.63) is 77.2 Å². The van der Waals surface area contributed by atoms with Crippen LogP contribution in [0.5, 0.6) is 0 Å². The molecule has 0 saturated carbocycles. The molecule has 2 aromatic carbocycles. The molecule has 0 aliphatic carbocycles. The Morgan fingerprint density at radius 2 is 1.84 bits per heavy atom. The lowest BCUT2D eigenvalue weighted by atomic mass is 10.0. The number of oxazole rings is 1. The highest BCUT2D eigenvalue weighted by molar-refractivity contribution is 5.82. The van der Waals surface area contributed by atoms with Crippen molar-refractivity contribution in [1.82, 2.24) is 15.2 Å². The van der Waals surface area contributed by atoms with E-state index in [4.69, 9.17) is 4.42 Å². The van der Waals surface area contributed by atoms with E-state index in [0.29, 0.717) is 43.1 Å². The van der Waals surface area contributed by atoms with Gasteiger partial charge in [-0.1, -0.05) is 30.3 Å². The van der Waals surface area contributed by atoms with Crippen LogP contribution in [0.25, 0.3) is 11.5 Å². The standard InChI is InChI=1S/C23H22F3N3O2/c1-15-19(28-22(31-15)17-7-9-18(10-8-17)23(24,25)26)14-29-12-11-27-21(30)20(29)13-16-5-3-2-4-6-16/h2-10,20H,11-14H2,1H3,(H,27,30)/t20-/m0/s1. The zero-order valence-corrected chi connectivity index (χ0v) is 16.9. The summed E-state index contributed by atoms with van der Waals surface area (Å²) in [6.07, 6.45) is -3.81. The molecule has 4 rings (SSSR count). The maximum atomic E-state index is 12.8. The highest BCUT2D eigenvalue weighted by Crippen LogP contribution is 2.31. The van der Waals surface area contributed by atoms with Crippen molar-refractivity contribution in [2.75, 3.05) is 13.1 Å². The van der Waals surface area contributed by atoms with Crippen molar-refractivity contribution in [3.63, 3.8) is 0 Å². The second-order valence-electron chi connectivity index (χ2n) is 7.56. The predicted octanol–water partition coefficient (Wildman–Crippen LogP) is 4.21. The van der Waals surface area contributed by atoms with E-state index in [9.17, 15) is 18.0 Å². The summed E-state index contributed by atoms with van der Waals surface area (Å²) in [5.41, 5.74) is 1.49. The number of aryl methyl sites for hydroxylation is 1. The molecule has 3 aromatic rings. The number of carbonyl (C=O) groups excluding carboxylic acids is 1. The van der Waals surface area contributed by atoms with Crippen LogP contribution in [0.4, 0.5) is 13.2 Å². The lowest BCUT2D eigenvalue weighted by molar-refractivity contribution is -0.137. The van der Waals surface area contributed by atoms with E-state index in [0.717, 1.165) is 17.7 Å². The first-order valence-corrected chi connectivity index (χ1v) is 10.0. The van der Waals surface area contributed by atoms with Gasteiger partial charge in [-0.25, -0.2) is 4.98 Å². The molecular weight excluding hydrogens is 407 g/mol. The van der Waals surface area contributed by atoms with E-state index in [1.54, 1.807) is 6.92 Å². The smallest absolute Gasteiger partial charge is 0.416 e. The molecule has 1 atom stereocenters. The number of nitrogens with zero attached hydrogens (tertiary/aromatic N) is 2. The van der Waals surface area contributed by atoms with Gasteiger partial charge in [0.1, 0.15) is 5.76 Å². The SMILES string of the molecule is Cc1oc(-c2ccc(C(F)(F)F)cc2)nc1CN1CCNC(=O)[C@@H]1Cc1ccccc1. The Kier molecular flexibility index (Phi) is 5.82. The van der Waals surface area contributed by atoms with E-state index >= 15 is 0 Å². The molecule has 162 valence electrons. The Labute approximate surface area is 177 Å². The van der Waals surface area contributed by atoms with Gasteiger partial charge in [0.05, 0.1) is 17.3 Å². The summed E-state index contributed by atoms with van der Waals surface area (Å²) in [6.45, 7) is 3.41. The molecule has 2 heterocycles. The summed E-state index contributed by atoms with van der Waals surface area (Å²) in [6, 6.07) is 14.2. The van der Waals surface area contributed by atoms with Crippen LogP contribution in [0.3, 0.4) is 0 Å². The van der Waals surface area contributed by atoms with Crippen molar-refractivity contribution < 1.29 is 22.4 Å². The fraction of sp³-hybridized carbons (Fsp3) is 0.304. The van der Waals surface area contributed by atoms with Gasteiger partial charge >= 0.3 is 6.18 Å². The molecule has 5 nitrogen and oxygen atoms in total. The summed E-state index contributed by atoms with van der Waals surface area (Å²) in [5.74, 6) is 0.820. The summed E-state index contributed by atoms with van der Waals surface area (Å²) < 4.78 is 44.1. The number of rotatable bonds is 5. The monoisotopic (exact) mass is 429 g/mol. The van der Waals surface area contributed by atoms with Gasteiger partial charge in [-0.05, 0) is 43.2 Å². The summed E-state index contributed by atoms with van der Waals surface area (Å²) in [5, 5.41) is 2.91. The summed E-state index contributed by atoms with van der Waals surface area (Å²) in [4.78, 5) is 19.1. The van der Waals surface area contributed by atoms with Gasteiger partial charge in [-0.15, -0.1) is 0 Å². The van der Waals surface area contributed by atoms with Crippen LogP contribution < -0.4 is 5.32 Å². The summed E-state index contributed by atoms with van der Waals surface area (Å²) in [7, 11) is 0. The molecule has 8 heteroatoms. The number of carbonyl (C=O) groups is 1. The Balaban J connectivity index is 1.53. The second-order valence-corrected chi connectivity index (χ2v) is 7.56. The Bertz CT molecular complexity index is 1050. The lowest BCUT2D eigenvalue weighted by Crippen LogP contribution is -2.55. The average molecular weight is 429 g/mol. The minimum absolute atomic E-state index is 0.0285. The van der Waals surface area contributed by atoms with Crippen molar-refractivity contribution in [3.8, 4) is 11.5 Å². The highest BCUT2D eigenvalue weighted by atomic mass is 19.4. The zero-order chi connectivity index (χ0) is 22.0. The zero-order valence-electron chi connectivity index (χ0n) is 16.9. The van der Waals surface area contributed by atoms with Gasteiger partial charge in [0.25, 0.3) is 0 Å². The number of alkyl halides is 3. The molecule has 1 saturated heterocycles. The minimum Gasteiger partial charge on any atom is -0.441 e. The second kappa shape index (κ2) is 8.55. The van der Waals surface area contributed by atoms with Crippen LogP contribution in [0.2, 0.25) is 0 Å². The first-order valence-electron chi connectivity index (χ1n) is 10.0. The van der Waals surface area contributed by atoms with Crippen LogP contribution in [-0.2, 0) is 23.9 Å². The predicted molar refractivity (Wildman–Crippen MR) is 109 cm³/mol. The van der Waals surface area contributed by atoms with E-state index in [-0.39, 0.29) is 17.8 Å². The first kappa shape index (κ1) is 21.1. The van der Waals surface area contributed by atoms with Crippen molar-refractivity contribution in [1.29, 1.82) is 0 Å². The van der Waals surface area contributed by atoms with Crippen molar-refractivity contribution >= 4 is 5.91 Å². The Morgan fingerprint density at radius 3 is 2.52 bits per heavy atom. The number of aromatic nitrogens is 1. The Morgan fingerprint density at radius 1 is 1.13 bits per heavy atom. The van der Waals surface area contributed by atoms with Crippen LogP contribution in [0.1, 0.15) is 22.6 Å². The van der Waals surface area contributed by atoms with E-state index in [2.05, 4.69) is 15.2 Å². The van der Waals surface area contributed by atoms with Crippen molar-refractivity contribution in [2.24, 2.45) is 0 Å². The summed E-state index contributed by atoms with van der Waals surface area (Å²) >= 11 is 0. The van der Waals surface area contributed by atoms with E-state index < -0.39 is 11.7 Å². The normalized spacial score (nSPS) is 17.5. The number of benzene rings is 2. The van der Waals surface area contributed by atoms with Gasteiger partial charge in [0, 0.05) is 25.2 Å². The first-order chi connectivity index (χ1) is 14.8. The number of piperazine rings is 1. The largest absolute Gasteiger partial charge is 0.441 e. The van der Waals surface area contributed by atoms with Gasteiger partial charge in [-0.3, -0.25) is 9.69 Å². The number of nitrogens with one attached hydrogen (secondary N) is 1. The van der Waals surface area contributed by atoms with Gasteiger partial charge in [-0.2, -0.15) is 13.2 Å². The van der Waals surface area contributed by atoms with Crippen molar-refractivity contribution in [2.45, 2.75) is 32.1 Å². The number of halogens is 3. The maximum Gasteiger partial charge on any atom is 0.416 e. The molecule has 1 aliphatic rings. The molecule has 0 unspecified atom stereocenters.